The molecule has 1 fully saturated rings. The number of hydrogen-bond acceptors (Lipinski definition) is 3. The topological polar surface area (TPSA) is 69.6 Å². The molecule has 0 aliphatic heterocycles. The predicted octanol–water partition coefficient (Wildman–Crippen LogP) is 1.21. The van der Waals surface area contributed by atoms with Crippen LogP contribution in [0.1, 0.15) is 52.4 Å². The van der Waals surface area contributed by atoms with Gasteiger partial charge in [-0.05, 0) is 37.5 Å². The van der Waals surface area contributed by atoms with Crippen molar-refractivity contribution in [3.8, 4) is 0 Å². The molecule has 1 aliphatic carbocycles. The van der Waals surface area contributed by atoms with Gasteiger partial charge in [-0.1, -0.05) is 13.8 Å². The summed E-state index contributed by atoms with van der Waals surface area (Å²) in [5.74, 6) is -0.0858. The van der Waals surface area contributed by atoms with E-state index in [0.717, 1.165) is 25.7 Å². The Morgan fingerprint density at radius 1 is 1.24 bits per heavy atom. The van der Waals surface area contributed by atoms with Crippen LogP contribution in [0.5, 0.6) is 0 Å². The molecule has 0 aromatic rings. The largest absolute Gasteiger partial charge is 0.396 e. The predicted molar refractivity (Wildman–Crippen MR) is 66.5 cm³/mol. The molecule has 0 aromatic heterocycles. The summed E-state index contributed by atoms with van der Waals surface area (Å²) in [6, 6.07) is 0. The van der Waals surface area contributed by atoms with Gasteiger partial charge in [0.2, 0.25) is 5.91 Å². The normalized spacial score (nSPS) is 22.1. The van der Waals surface area contributed by atoms with E-state index in [0.29, 0.717) is 24.8 Å². The minimum Gasteiger partial charge on any atom is -0.396 e. The SMILES string of the molecule is CC1(C)CCC(O)(CNC(=O)CCCO)CC1. The smallest absolute Gasteiger partial charge is 0.220 e. The van der Waals surface area contributed by atoms with Crippen LogP contribution in [0.3, 0.4) is 0 Å². The van der Waals surface area contributed by atoms with Gasteiger partial charge in [0.25, 0.3) is 0 Å². The van der Waals surface area contributed by atoms with E-state index in [-0.39, 0.29) is 12.5 Å². The molecule has 1 aliphatic rings. The summed E-state index contributed by atoms with van der Waals surface area (Å²) in [5, 5.41) is 21.7. The summed E-state index contributed by atoms with van der Waals surface area (Å²) in [5.41, 5.74) is -0.419. The molecule has 3 N–H and O–H groups in total. The zero-order chi connectivity index (χ0) is 12.9. The van der Waals surface area contributed by atoms with Gasteiger partial charge in [-0.15, -0.1) is 0 Å². The highest BCUT2D eigenvalue weighted by Gasteiger charge is 2.36. The number of aliphatic hydroxyl groups excluding tert-OH is 1. The average Bonchev–Trinajstić information content (AvgIpc) is 2.29. The zero-order valence-corrected chi connectivity index (χ0v) is 11.0. The quantitative estimate of drug-likeness (QED) is 0.679. The van der Waals surface area contributed by atoms with E-state index in [1.807, 2.05) is 0 Å². The molecule has 0 radical (unpaired) electrons. The van der Waals surface area contributed by atoms with Gasteiger partial charge in [0.05, 0.1) is 5.60 Å². The lowest BCUT2D eigenvalue weighted by atomic mass is 9.71. The number of aliphatic hydroxyl groups is 2. The number of carbonyl (C=O) groups is 1. The van der Waals surface area contributed by atoms with E-state index in [1.165, 1.54) is 0 Å². The number of nitrogens with one attached hydrogen (secondary N) is 1. The maximum Gasteiger partial charge on any atom is 0.220 e. The van der Waals surface area contributed by atoms with Crippen molar-refractivity contribution in [3.05, 3.63) is 0 Å². The van der Waals surface area contributed by atoms with Crippen molar-refractivity contribution >= 4 is 5.91 Å². The molecule has 17 heavy (non-hydrogen) atoms. The lowest BCUT2D eigenvalue weighted by molar-refractivity contribution is -0.123. The zero-order valence-electron chi connectivity index (χ0n) is 11.0. The molecular formula is C13H25NO3. The van der Waals surface area contributed by atoms with E-state index < -0.39 is 5.60 Å². The minimum atomic E-state index is -0.732. The molecule has 4 heteroatoms. The van der Waals surface area contributed by atoms with Crippen molar-refractivity contribution < 1.29 is 15.0 Å². The molecule has 1 amide bonds. The fourth-order valence-electron chi connectivity index (χ4n) is 2.16. The lowest BCUT2D eigenvalue weighted by Crippen LogP contribution is -2.46. The third-order valence-electron chi connectivity index (χ3n) is 3.71. The van der Waals surface area contributed by atoms with Crippen LogP contribution in [0.2, 0.25) is 0 Å². The summed E-state index contributed by atoms with van der Waals surface area (Å²) in [7, 11) is 0. The van der Waals surface area contributed by atoms with Gasteiger partial charge in [-0.25, -0.2) is 0 Å². The second-order valence-electron chi connectivity index (χ2n) is 5.99. The van der Waals surface area contributed by atoms with Gasteiger partial charge in [0, 0.05) is 19.6 Å². The van der Waals surface area contributed by atoms with Crippen molar-refractivity contribution in [2.75, 3.05) is 13.2 Å². The lowest BCUT2D eigenvalue weighted by Gasteiger charge is -2.40. The maximum atomic E-state index is 11.4. The number of hydrogen-bond donors (Lipinski definition) is 3. The fraction of sp³-hybridized carbons (Fsp3) is 0.923. The molecule has 4 nitrogen and oxygen atoms in total. The first-order chi connectivity index (χ1) is 7.87. The van der Waals surface area contributed by atoms with Crippen molar-refractivity contribution in [2.45, 2.75) is 58.0 Å². The Morgan fingerprint density at radius 3 is 2.35 bits per heavy atom. The Kier molecular flexibility index (Phi) is 4.95. The monoisotopic (exact) mass is 243 g/mol. The van der Waals surface area contributed by atoms with Crippen molar-refractivity contribution in [1.82, 2.24) is 5.32 Å². The number of amides is 1. The van der Waals surface area contributed by atoms with Crippen LogP contribution in [-0.4, -0.2) is 34.9 Å². The second kappa shape index (κ2) is 5.83. The van der Waals surface area contributed by atoms with E-state index in [4.69, 9.17) is 5.11 Å². The van der Waals surface area contributed by atoms with Gasteiger partial charge in [-0.3, -0.25) is 4.79 Å². The van der Waals surface area contributed by atoms with Gasteiger partial charge in [-0.2, -0.15) is 0 Å². The van der Waals surface area contributed by atoms with Crippen molar-refractivity contribution in [2.24, 2.45) is 5.41 Å². The Hall–Kier alpha value is -0.610. The molecule has 1 rings (SSSR count). The van der Waals surface area contributed by atoms with Crippen molar-refractivity contribution in [1.29, 1.82) is 0 Å². The summed E-state index contributed by atoms with van der Waals surface area (Å²) >= 11 is 0. The van der Waals surface area contributed by atoms with Crippen LogP contribution >= 0.6 is 0 Å². The summed E-state index contributed by atoms with van der Waals surface area (Å²) < 4.78 is 0. The van der Waals surface area contributed by atoms with Gasteiger partial charge in [0.1, 0.15) is 0 Å². The Bertz CT molecular complexity index is 253. The van der Waals surface area contributed by atoms with Crippen LogP contribution < -0.4 is 5.32 Å². The highest BCUT2D eigenvalue weighted by Crippen LogP contribution is 2.39. The van der Waals surface area contributed by atoms with E-state index in [9.17, 15) is 9.90 Å². The van der Waals surface area contributed by atoms with Gasteiger partial charge < -0.3 is 15.5 Å². The fourth-order valence-corrected chi connectivity index (χ4v) is 2.16. The van der Waals surface area contributed by atoms with Gasteiger partial charge in [0.15, 0.2) is 0 Å². The summed E-state index contributed by atoms with van der Waals surface area (Å²) in [6.45, 7) is 4.80. The first kappa shape index (κ1) is 14.5. The van der Waals surface area contributed by atoms with Gasteiger partial charge >= 0.3 is 0 Å². The van der Waals surface area contributed by atoms with Crippen LogP contribution in [0.25, 0.3) is 0 Å². The third kappa shape index (κ3) is 5.04. The van der Waals surface area contributed by atoms with Crippen LogP contribution in [0.4, 0.5) is 0 Å². The first-order valence-electron chi connectivity index (χ1n) is 6.47. The van der Waals surface area contributed by atoms with Crippen LogP contribution in [0.15, 0.2) is 0 Å². The second-order valence-corrected chi connectivity index (χ2v) is 5.99. The molecule has 0 aromatic carbocycles. The summed E-state index contributed by atoms with van der Waals surface area (Å²) in [4.78, 5) is 11.4. The molecule has 0 saturated heterocycles. The molecule has 0 bridgehead atoms. The molecule has 0 heterocycles. The summed E-state index contributed by atoms with van der Waals surface area (Å²) in [6.07, 6.45) is 4.31. The van der Waals surface area contributed by atoms with Crippen LogP contribution in [-0.2, 0) is 4.79 Å². The molecule has 100 valence electrons. The number of carbonyl (C=O) groups excluding carboxylic acids is 1. The standard InChI is InChI=1S/C13H25NO3/c1-12(2)5-7-13(17,8-6-12)10-14-11(16)4-3-9-15/h15,17H,3-10H2,1-2H3,(H,14,16). The molecule has 0 unspecified atom stereocenters. The number of rotatable bonds is 5. The molecule has 0 spiro atoms. The molecule has 0 atom stereocenters. The van der Waals surface area contributed by atoms with Crippen molar-refractivity contribution in [3.63, 3.8) is 0 Å². The Labute approximate surface area is 103 Å². The third-order valence-corrected chi connectivity index (χ3v) is 3.71. The Morgan fingerprint density at radius 2 is 1.82 bits per heavy atom. The Balaban J connectivity index is 2.29. The molecular weight excluding hydrogens is 218 g/mol. The maximum absolute atomic E-state index is 11.4. The minimum absolute atomic E-state index is 0.0336. The molecule has 1 saturated carbocycles. The average molecular weight is 243 g/mol. The first-order valence-corrected chi connectivity index (χ1v) is 6.47. The highest BCUT2D eigenvalue weighted by atomic mass is 16.3. The van der Waals surface area contributed by atoms with E-state index in [1.54, 1.807) is 0 Å². The van der Waals surface area contributed by atoms with E-state index in [2.05, 4.69) is 19.2 Å². The highest BCUT2D eigenvalue weighted by molar-refractivity contribution is 5.75. The van der Waals surface area contributed by atoms with E-state index >= 15 is 0 Å². The van der Waals surface area contributed by atoms with Crippen LogP contribution in [0, 0.1) is 5.41 Å².